The summed E-state index contributed by atoms with van der Waals surface area (Å²) >= 11 is 0. The number of halogens is 2. The van der Waals surface area contributed by atoms with Crippen LogP contribution in [0.1, 0.15) is 35.8 Å². The predicted octanol–water partition coefficient (Wildman–Crippen LogP) is 4.69. The van der Waals surface area contributed by atoms with Crippen LogP contribution >= 0.6 is 0 Å². The molecular formula is C24H22F2N2O2. The molecule has 0 unspecified atom stereocenters. The van der Waals surface area contributed by atoms with E-state index in [0.717, 1.165) is 29.8 Å². The van der Waals surface area contributed by atoms with E-state index in [2.05, 4.69) is 0 Å². The predicted molar refractivity (Wildman–Crippen MR) is 109 cm³/mol. The molecule has 4 rings (SSSR count). The molecule has 30 heavy (non-hydrogen) atoms. The molecule has 0 aliphatic carbocycles. The normalized spacial score (nSPS) is 15.9. The maximum absolute atomic E-state index is 13.1. The highest BCUT2D eigenvalue weighted by Gasteiger charge is 2.31. The lowest BCUT2D eigenvalue weighted by Gasteiger charge is -2.24. The number of rotatable bonds is 6. The van der Waals surface area contributed by atoms with Gasteiger partial charge in [-0.25, -0.2) is 8.78 Å². The van der Waals surface area contributed by atoms with E-state index in [-0.39, 0.29) is 30.2 Å². The van der Waals surface area contributed by atoms with E-state index >= 15 is 0 Å². The maximum atomic E-state index is 13.1. The molecule has 6 heteroatoms. The van der Waals surface area contributed by atoms with E-state index in [1.807, 2.05) is 18.2 Å². The topological polar surface area (TPSA) is 42.4 Å². The number of carbonyl (C=O) groups is 1. The number of carbonyl (C=O) groups excluding carboxylic acids is 1. The van der Waals surface area contributed by atoms with Gasteiger partial charge in [0.25, 0.3) is 5.91 Å². The molecular weight excluding hydrogens is 386 g/mol. The standard InChI is InChI=1S/C24H22F2N2O2/c25-18-8-6-17(7-9-18)15-20-3-1-4-22(27-20)23-5-2-14-28(23)24(29)16-30-21-12-10-19(26)11-13-21/h1,3-4,6-13,23H,2,5,14-16H2/t23-/m0/s1. The molecule has 154 valence electrons. The molecule has 1 aliphatic rings. The second kappa shape index (κ2) is 9.03. The molecule has 1 aliphatic heterocycles. The summed E-state index contributed by atoms with van der Waals surface area (Å²) < 4.78 is 31.6. The van der Waals surface area contributed by atoms with Crippen LogP contribution in [0.3, 0.4) is 0 Å². The SMILES string of the molecule is O=C(COc1ccc(F)cc1)N1CCC[C@H]1c1cccc(Cc2ccc(F)cc2)n1. The van der Waals surface area contributed by atoms with Crippen molar-refractivity contribution < 1.29 is 18.3 Å². The summed E-state index contributed by atoms with van der Waals surface area (Å²) in [7, 11) is 0. The van der Waals surface area contributed by atoms with Gasteiger partial charge in [0, 0.05) is 18.7 Å². The third kappa shape index (κ3) is 4.82. The Kier molecular flexibility index (Phi) is 6.02. The van der Waals surface area contributed by atoms with Crippen molar-refractivity contribution in [3.8, 4) is 5.75 Å². The number of hydrogen-bond donors (Lipinski definition) is 0. The van der Waals surface area contributed by atoms with Crippen molar-refractivity contribution in [2.45, 2.75) is 25.3 Å². The lowest BCUT2D eigenvalue weighted by Crippen LogP contribution is -2.34. The number of nitrogens with zero attached hydrogens (tertiary/aromatic N) is 2. The first-order chi connectivity index (χ1) is 14.6. The Bertz CT molecular complexity index is 1010. The number of aromatic nitrogens is 1. The van der Waals surface area contributed by atoms with Gasteiger partial charge in [-0.05, 0) is 66.9 Å². The van der Waals surface area contributed by atoms with E-state index in [1.165, 1.54) is 36.4 Å². The fourth-order valence-electron chi connectivity index (χ4n) is 3.73. The first-order valence-electron chi connectivity index (χ1n) is 9.96. The van der Waals surface area contributed by atoms with Crippen LogP contribution in [-0.2, 0) is 11.2 Å². The van der Waals surface area contributed by atoms with E-state index in [1.54, 1.807) is 17.0 Å². The van der Waals surface area contributed by atoms with E-state index < -0.39 is 0 Å². The van der Waals surface area contributed by atoms with Gasteiger partial charge in [0.1, 0.15) is 17.4 Å². The number of ether oxygens (including phenoxy) is 1. The van der Waals surface area contributed by atoms with Gasteiger partial charge in [0.05, 0.1) is 11.7 Å². The number of hydrogen-bond acceptors (Lipinski definition) is 3. The van der Waals surface area contributed by atoms with Crippen LogP contribution in [0, 0.1) is 11.6 Å². The third-order valence-corrected chi connectivity index (χ3v) is 5.22. The lowest BCUT2D eigenvalue weighted by molar-refractivity contribution is -0.134. The molecule has 0 bridgehead atoms. The zero-order valence-corrected chi connectivity index (χ0v) is 16.4. The van der Waals surface area contributed by atoms with Gasteiger partial charge in [-0.3, -0.25) is 9.78 Å². The highest BCUT2D eigenvalue weighted by Crippen LogP contribution is 2.31. The molecule has 4 nitrogen and oxygen atoms in total. The van der Waals surface area contributed by atoms with Crippen LogP contribution in [0.2, 0.25) is 0 Å². The number of benzene rings is 2. The Morgan fingerprint density at radius 2 is 1.70 bits per heavy atom. The Morgan fingerprint density at radius 3 is 2.43 bits per heavy atom. The van der Waals surface area contributed by atoms with Crippen molar-refractivity contribution in [3.63, 3.8) is 0 Å². The molecule has 0 N–H and O–H groups in total. The highest BCUT2D eigenvalue weighted by molar-refractivity contribution is 5.78. The minimum atomic E-state index is -0.347. The van der Waals surface area contributed by atoms with Crippen LogP contribution in [-0.4, -0.2) is 28.9 Å². The molecule has 2 heterocycles. The number of likely N-dealkylation sites (tertiary alicyclic amines) is 1. The summed E-state index contributed by atoms with van der Waals surface area (Å²) in [6.45, 7) is 0.553. The monoisotopic (exact) mass is 408 g/mol. The van der Waals surface area contributed by atoms with Crippen molar-refractivity contribution in [3.05, 3.63) is 95.3 Å². The molecule has 0 saturated carbocycles. The van der Waals surface area contributed by atoms with Crippen LogP contribution in [0.4, 0.5) is 8.78 Å². The summed E-state index contributed by atoms with van der Waals surface area (Å²) in [5.74, 6) is -0.268. The lowest BCUT2D eigenvalue weighted by atomic mass is 10.1. The van der Waals surface area contributed by atoms with Crippen molar-refractivity contribution in [1.29, 1.82) is 0 Å². The van der Waals surface area contributed by atoms with Crippen LogP contribution in [0.5, 0.6) is 5.75 Å². The summed E-state index contributed by atoms with van der Waals surface area (Å²) in [4.78, 5) is 19.3. The first kappa shape index (κ1) is 20.0. The van der Waals surface area contributed by atoms with Gasteiger partial charge >= 0.3 is 0 Å². The van der Waals surface area contributed by atoms with Crippen LogP contribution in [0.15, 0.2) is 66.7 Å². The number of pyridine rings is 1. The molecule has 2 aromatic carbocycles. The Balaban J connectivity index is 1.42. The Labute approximate surface area is 174 Å². The fraction of sp³-hybridized carbons (Fsp3) is 0.250. The third-order valence-electron chi connectivity index (χ3n) is 5.22. The first-order valence-corrected chi connectivity index (χ1v) is 9.96. The minimum absolute atomic E-state index is 0.0949. The molecule has 1 aromatic heterocycles. The largest absolute Gasteiger partial charge is 0.484 e. The van der Waals surface area contributed by atoms with Crippen molar-refractivity contribution in [2.24, 2.45) is 0 Å². The second-order valence-electron chi connectivity index (χ2n) is 7.34. The molecule has 1 saturated heterocycles. The second-order valence-corrected chi connectivity index (χ2v) is 7.34. The Morgan fingerprint density at radius 1 is 1.00 bits per heavy atom. The van der Waals surface area contributed by atoms with Gasteiger partial charge < -0.3 is 9.64 Å². The fourth-order valence-corrected chi connectivity index (χ4v) is 3.73. The smallest absolute Gasteiger partial charge is 0.261 e. The molecule has 1 fully saturated rings. The van der Waals surface area contributed by atoms with Crippen molar-refractivity contribution in [1.82, 2.24) is 9.88 Å². The average molecular weight is 408 g/mol. The van der Waals surface area contributed by atoms with Crippen molar-refractivity contribution >= 4 is 5.91 Å². The quantitative estimate of drug-likeness (QED) is 0.594. The Hall–Kier alpha value is -3.28. The van der Waals surface area contributed by atoms with E-state index in [0.29, 0.717) is 18.7 Å². The van der Waals surface area contributed by atoms with Gasteiger partial charge in [0.2, 0.25) is 0 Å². The van der Waals surface area contributed by atoms with Crippen LogP contribution < -0.4 is 4.74 Å². The van der Waals surface area contributed by atoms with Gasteiger partial charge in [0.15, 0.2) is 6.61 Å². The summed E-state index contributed by atoms with van der Waals surface area (Å²) in [5, 5.41) is 0. The average Bonchev–Trinajstić information content (AvgIpc) is 3.25. The van der Waals surface area contributed by atoms with Crippen molar-refractivity contribution in [2.75, 3.05) is 13.2 Å². The van der Waals surface area contributed by atoms with Gasteiger partial charge in [-0.15, -0.1) is 0 Å². The molecule has 0 spiro atoms. The van der Waals surface area contributed by atoms with Gasteiger partial charge in [-0.2, -0.15) is 0 Å². The van der Waals surface area contributed by atoms with Crippen LogP contribution in [0.25, 0.3) is 0 Å². The number of amides is 1. The highest BCUT2D eigenvalue weighted by atomic mass is 19.1. The minimum Gasteiger partial charge on any atom is -0.484 e. The van der Waals surface area contributed by atoms with E-state index in [9.17, 15) is 13.6 Å². The maximum Gasteiger partial charge on any atom is 0.261 e. The summed E-state index contributed by atoms with van der Waals surface area (Å²) in [5.41, 5.74) is 2.70. The molecule has 1 amide bonds. The molecule has 3 aromatic rings. The molecule has 1 atom stereocenters. The molecule has 0 radical (unpaired) electrons. The zero-order valence-electron chi connectivity index (χ0n) is 16.4. The zero-order chi connectivity index (χ0) is 20.9. The summed E-state index contributed by atoms with van der Waals surface area (Å²) in [6.07, 6.45) is 2.34. The summed E-state index contributed by atoms with van der Waals surface area (Å²) in [6, 6.07) is 17.7. The van der Waals surface area contributed by atoms with Gasteiger partial charge in [-0.1, -0.05) is 18.2 Å². The van der Waals surface area contributed by atoms with E-state index in [4.69, 9.17) is 9.72 Å².